The fourth-order valence-electron chi connectivity index (χ4n) is 3.53. The molecule has 0 aromatic heterocycles. The molecule has 3 rings (SSSR count). The number of aliphatic hydroxyl groups is 1. The molecule has 0 spiro atoms. The lowest BCUT2D eigenvalue weighted by Gasteiger charge is -2.28. The Bertz CT molecular complexity index is 722. The van der Waals surface area contributed by atoms with Crippen LogP contribution in [0, 0.1) is 17.6 Å². The van der Waals surface area contributed by atoms with Crippen molar-refractivity contribution in [3.8, 4) is 11.5 Å². The van der Waals surface area contributed by atoms with Gasteiger partial charge in [0.05, 0.1) is 6.61 Å². The number of para-hydroxylation sites is 1. The van der Waals surface area contributed by atoms with E-state index in [4.69, 9.17) is 4.74 Å². The summed E-state index contributed by atoms with van der Waals surface area (Å²) in [6, 6.07) is 11.0. The molecule has 6 heteroatoms. The van der Waals surface area contributed by atoms with Gasteiger partial charge in [-0.15, -0.1) is 0 Å². The molecule has 0 saturated carbocycles. The van der Waals surface area contributed by atoms with Gasteiger partial charge < -0.3 is 20.5 Å². The fraction of sp³-hybridized carbons (Fsp3) is 0.429. The van der Waals surface area contributed by atoms with Crippen molar-refractivity contribution in [2.45, 2.75) is 25.3 Å². The van der Waals surface area contributed by atoms with Gasteiger partial charge in [-0.3, -0.25) is 0 Å². The van der Waals surface area contributed by atoms with E-state index in [1.54, 1.807) is 24.3 Å². The Hall–Kier alpha value is -2.02. The van der Waals surface area contributed by atoms with Crippen LogP contribution in [0.25, 0.3) is 0 Å². The van der Waals surface area contributed by atoms with Crippen molar-refractivity contribution in [2.24, 2.45) is 5.92 Å². The second-order valence-corrected chi connectivity index (χ2v) is 6.85. The van der Waals surface area contributed by atoms with Crippen molar-refractivity contribution in [3.05, 3.63) is 59.7 Å². The van der Waals surface area contributed by atoms with Crippen molar-refractivity contribution in [1.82, 2.24) is 10.6 Å². The smallest absolute Gasteiger partial charge is 0.198 e. The Balaban J connectivity index is 1.85. The number of benzene rings is 2. The van der Waals surface area contributed by atoms with Gasteiger partial charge in [-0.2, -0.15) is 0 Å². The van der Waals surface area contributed by atoms with Gasteiger partial charge in [0.25, 0.3) is 0 Å². The molecule has 0 bridgehead atoms. The van der Waals surface area contributed by atoms with Crippen molar-refractivity contribution >= 4 is 0 Å². The molecule has 1 heterocycles. The fourth-order valence-corrected chi connectivity index (χ4v) is 3.53. The van der Waals surface area contributed by atoms with E-state index in [1.165, 1.54) is 12.1 Å². The Morgan fingerprint density at radius 3 is 2.56 bits per heavy atom. The second kappa shape index (κ2) is 9.78. The lowest BCUT2D eigenvalue weighted by atomic mass is 9.88. The number of nitrogens with one attached hydrogen (secondary N) is 2. The van der Waals surface area contributed by atoms with Gasteiger partial charge in [-0.25, -0.2) is 8.78 Å². The average molecular weight is 376 g/mol. The lowest BCUT2D eigenvalue weighted by Crippen LogP contribution is -2.32. The summed E-state index contributed by atoms with van der Waals surface area (Å²) in [4.78, 5) is 0. The molecular weight excluding hydrogens is 350 g/mol. The zero-order valence-corrected chi connectivity index (χ0v) is 15.3. The minimum Gasteiger partial charge on any atom is -0.451 e. The third-order valence-electron chi connectivity index (χ3n) is 4.95. The highest BCUT2D eigenvalue weighted by Crippen LogP contribution is 2.35. The SMILES string of the molecule is OCCN[C@@H](CC1CCNCC1)c1ccc(F)c(Oc2ccccc2)c1F. The van der Waals surface area contributed by atoms with E-state index in [1.807, 2.05) is 6.07 Å². The Morgan fingerprint density at radius 1 is 1.11 bits per heavy atom. The molecule has 0 amide bonds. The molecule has 27 heavy (non-hydrogen) atoms. The van der Waals surface area contributed by atoms with E-state index in [9.17, 15) is 9.50 Å². The van der Waals surface area contributed by atoms with E-state index >= 15 is 4.39 Å². The summed E-state index contributed by atoms with van der Waals surface area (Å²) >= 11 is 0. The van der Waals surface area contributed by atoms with E-state index in [-0.39, 0.29) is 18.4 Å². The van der Waals surface area contributed by atoms with E-state index in [2.05, 4.69) is 10.6 Å². The summed E-state index contributed by atoms with van der Waals surface area (Å²) in [6.45, 7) is 2.21. The Labute approximate surface area is 158 Å². The molecule has 2 aromatic rings. The van der Waals surface area contributed by atoms with E-state index in [0.29, 0.717) is 23.8 Å². The van der Waals surface area contributed by atoms with Crippen molar-refractivity contribution < 1.29 is 18.6 Å². The molecule has 1 fully saturated rings. The quantitative estimate of drug-likeness (QED) is 0.657. The predicted molar refractivity (Wildman–Crippen MR) is 101 cm³/mol. The zero-order chi connectivity index (χ0) is 19.1. The van der Waals surface area contributed by atoms with Gasteiger partial charge in [-0.05, 0) is 56.5 Å². The first-order valence-electron chi connectivity index (χ1n) is 9.44. The van der Waals surface area contributed by atoms with Crippen LogP contribution in [0.4, 0.5) is 8.78 Å². The molecule has 0 radical (unpaired) electrons. The zero-order valence-electron chi connectivity index (χ0n) is 15.3. The lowest BCUT2D eigenvalue weighted by molar-refractivity contribution is 0.263. The molecule has 1 saturated heterocycles. The number of rotatable bonds is 8. The summed E-state index contributed by atoms with van der Waals surface area (Å²) in [5.41, 5.74) is 0.370. The number of piperidine rings is 1. The Morgan fingerprint density at radius 2 is 1.85 bits per heavy atom. The molecule has 2 aromatic carbocycles. The van der Waals surface area contributed by atoms with Crippen LogP contribution >= 0.6 is 0 Å². The van der Waals surface area contributed by atoms with Gasteiger partial charge in [0, 0.05) is 18.2 Å². The number of hydrogen-bond donors (Lipinski definition) is 3. The van der Waals surface area contributed by atoms with Gasteiger partial charge in [-0.1, -0.05) is 24.3 Å². The maximum absolute atomic E-state index is 15.2. The van der Waals surface area contributed by atoms with Crippen molar-refractivity contribution in [1.29, 1.82) is 0 Å². The average Bonchev–Trinajstić information content (AvgIpc) is 2.70. The van der Waals surface area contributed by atoms with E-state index in [0.717, 1.165) is 32.4 Å². The number of hydrogen-bond acceptors (Lipinski definition) is 4. The first kappa shape index (κ1) is 19.7. The second-order valence-electron chi connectivity index (χ2n) is 6.85. The summed E-state index contributed by atoms with van der Waals surface area (Å²) in [5, 5.41) is 15.7. The number of aliphatic hydroxyl groups excluding tert-OH is 1. The van der Waals surface area contributed by atoms with Crippen LogP contribution in [0.5, 0.6) is 11.5 Å². The first-order valence-corrected chi connectivity index (χ1v) is 9.44. The van der Waals surface area contributed by atoms with Crippen LogP contribution < -0.4 is 15.4 Å². The molecule has 1 aliphatic heterocycles. The number of halogens is 2. The minimum absolute atomic E-state index is 0.0427. The standard InChI is InChI=1S/C21H26F2N2O2/c22-18-7-6-17(20(23)21(18)27-16-4-2-1-3-5-16)19(25-12-13-26)14-15-8-10-24-11-9-15/h1-7,15,19,24-26H,8-14H2/t19-/m0/s1. The molecule has 4 nitrogen and oxygen atoms in total. The van der Waals surface area contributed by atoms with Crippen molar-refractivity contribution in [3.63, 3.8) is 0 Å². The topological polar surface area (TPSA) is 53.5 Å². The van der Waals surface area contributed by atoms with Gasteiger partial charge >= 0.3 is 0 Å². The summed E-state index contributed by atoms with van der Waals surface area (Å²) < 4.78 is 34.9. The normalized spacial score (nSPS) is 16.3. The van der Waals surface area contributed by atoms with Crippen LogP contribution in [0.15, 0.2) is 42.5 Å². The van der Waals surface area contributed by atoms with Crippen LogP contribution in [-0.4, -0.2) is 31.3 Å². The molecular formula is C21H26F2N2O2. The van der Waals surface area contributed by atoms with E-state index < -0.39 is 11.6 Å². The summed E-state index contributed by atoms with van der Waals surface area (Å²) in [5.74, 6) is -0.984. The minimum atomic E-state index is -0.733. The monoisotopic (exact) mass is 376 g/mol. The third kappa shape index (κ3) is 5.25. The molecule has 1 atom stereocenters. The highest BCUT2D eigenvalue weighted by atomic mass is 19.1. The maximum atomic E-state index is 15.2. The largest absolute Gasteiger partial charge is 0.451 e. The molecule has 146 valence electrons. The molecule has 0 aliphatic carbocycles. The first-order chi connectivity index (χ1) is 13.2. The highest BCUT2D eigenvalue weighted by Gasteiger charge is 2.25. The predicted octanol–water partition coefficient (Wildman–Crippen LogP) is 3.77. The highest BCUT2D eigenvalue weighted by molar-refractivity contribution is 5.38. The van der Waals surface area contributed by atoms with Crippen LogP contribution in [0.3, 0.4) is 0 Å². The summed E-state index contributed by atoms with van der Waals surface area (Å²) in [6.07, 6.45) is 2.77. The van der Waals surface area contributed by atoms with Gasteiger partial charge in [0.1, 0.15) is 5.75 Å². The van der Waals surface area contributed by atoms with Crippen LogP contribution in [0.2, 0.25) is 0 Å². The summed E-state index contributed by atoms with van der Waals surface area (Å²) in [7, 11) is 0. The van der Waals surface area contributed by atoms with Gasteiger partial charge in [0.15, 0.2) is 17.4 Å². The molecule has 1 aliphatic rings. The van der Waals surface area contributed by atoms with Crippen molar-refractivity contribution in [2.75, 3.05) is 26.2 Å². The van der Waals surface area contributed by atoms with Crippen LogP contribution in [0.1, 0.15) is 30.9 Å². The maximum Gasteiger partial charge on any atom is 0.198 e. The molecule has 3 N–H and O–H groups in total. The Kier molecular flexibility index (Phi) is 7.15. The van der Waals surface area contributed by atoms with Gasteiger partial charge in [0.2, 0.25) is 0 Å². The van der Waals surface area contributed by atoms with Crippen LogP contribution in [-0.2, 0) is 0 Å². The number of ether oxygens (including phenoxy) is 1. The molecule has 0 unspecified atom stereocenters. The third-order valence-corrected chi connectivity index (χ3v) is 4.95.